The summed E-state index contributed by atoms with van der Waals surface area (Å²) in [5.41, 5.74) is 0. The molecule has 0 spiro atoms. The second-order valence-electron chi connectivity index (χ2n) is 7.78. The SMILES string of the molecule is CCC.CCC(=O)N(C)CC.CCCCC.CCN(C)OS(=O)CC.CCOCC.CCOS(=O)N(C)CC. The first-order chi connectivity index (χ1) is 18.4. The van der Waals surface area contributed by atoms with Crippen molar-refractivity contribution in [2.75, 3.05) is 66.4 Å². The minimum Gasteiger partial charge on any atom is -0.382 e. The smallest absolute Gasteiger partial charge is 0.236 e. The quantitative estimate of drug-likeness (QED) is 0.205. The molecule has 0 aliphatic rings. The molecule has 0 N–H and O–H groups in total. The molecule has 0 aromatic carbocycles. The number of rotatable bonds is 14. The number of hydrogen-bond acceptors (Lipinski definition) is 7. The van der Waals surface area contributed by atoms with Crippen LogP contribution in [0.5, 0.6) is 0 Å². The van der Waals surface area contributed by atoms with Gasteiger partial charge in [0.05, 0.1) is 6.61 Å². The van der Waals surface area contributed by atoms with Gasteiger partial charge in [-0.3, -0.25) is 8.98 Å². The second-order valence-corrected chi connectivity index (χ2v) is 10.4. The zero-order valence-corrected chi connectivity index (χ0v) is 30.2. The van der Waals surface area contributed by atoms with Gasteiger partial charge in [0.1, 0.15) is 0 Å². The molecular weight excluding hydrogens is 538 g/mol. The van der Waals surface area contributed by atoms with E-state index >= 15 is 0 Å². The van der Waals surface area contributed by atoms with E-state index < -0.39 is 22.3 Å². The van der Waals surface area contributed by atoms with E-state index in [1.807, 2.05) is 62.4 Å². The molecule has 0 aromatic heterocycles. The molecule has 11 heteroatoms. The van der Waals surface area contributed by atoms with Crippen molar-refractivity contribution in [3.8, 4) is 0 Å². The Kier molecular flexibility index (Phi) is 62.3. The van der Waals surface area contributed by atoms with Gasteiger partial charge in [0.15, 0.2) is 11.1 Å². The summed E-state index contributed by atoms with van der Waals surface area (Å²) >= 11 is -2.36. The van der Waals surface area contributed by atoms with Gasteiger partial charge in [0.25, 0.3) is 0 Å². The number of hydrogen-bond donors (Lipinski definition) is 0. The first-order valence-electron chi connectivity index (χ1n) is 14.7. The maximum absolute atomic E-state index is 10.8. The third-order valence-corrected chi connectivity index (χ3v) is 6.22. The van der Waals surface area contributed by atoms with Crippen LogP contribution in [-0.4, -0.2) is 94.9 Å². The average Bonchev–Trinajstić information content (AvgIpc) is 2.94. The van der Waals surface area contributed by atoms with E-state index in [4.69, 9.17) is 13.2 Å². The highest BCUT2D eigenvalue weighted by Gasteiger charge is 2.02. The van der Waals surface area contributed by atoms with Gasteiger partial charge < -0.3 is 9.64 Å². The molecule has 0 aromatic rings. The van der Waals surface area contributed by atoms with Crippen molar-refractivity contribution in [3.05, 3.63) is 0 Å². The Bertz CT molecular complexity index is 480. The number of amides is 1. The molecule has 39 heavy (non-hydrogen) atoms. The van der Waals surface area contributed by atoms with Crippen molar-refractivity contribution in [3.63, 3.8) is 0 Å². The van der Waals surface area contributed by atoms with Gasteiger partial charge in [-0.1, -0.05) is 81.1 Å². The van der Waals surface area contributed by atoms with Gasteiger partial charge in [-0.15, -0.1) is 0 Å². The van der Waals surface area contributed by atoms with Crippen LogP contribution in [0.25, 0.3) is 0 Å². The van der Waals surface area contributed by atoms with Crippen LogP contribution < -0.4 is 0 Å². The molecule has 1 amide bonds. The Morgan fingerprint density at radius 1 is 0.692 bits per heavy atom. The molecule has 0 rings (SSSR count). The lowest BCUT2D eigenvalue weighted by atomic mass is 10.3. The molecule has 0 bridgehead atoms. The fourth-order valence-corrected chi connectivity index (χ4v) is 2.63. The molecule has 0 heterocycles. The van der Waals surface area contributed by atoms with E-state index in [1.54, 1.807) is 28.4 Å². The summed E-state index contributed by atoms with van der Waals surface area (Å²) in [7, 11) is 5.32. The Balaban J connectivity index is -0.0000000866. The Labute approximate surface area is 250 Å². The highest BCUT2D eigenvalue weighted by molar-refractivity contribution is 7.80. The summed E-state index contributed by atoms with van der Waals surface area (Å²) in [5, 5.41) is 1.56. The summed E-state index contributed by atoms with van der Waals surface area (Å²) < 4.78 is 37.5. The van der Waals surface area contributed by atoms with E-state index in [0.717, 1.165) is 32.8 Å². The molecule has 2 atom stereocenters. The zero-order valence-electron chi connectivity index (χ0n) is 28.6. The third-order valence-electron chi connectivity index (χ3n) is 4.13. The molecule has 0 aliphatic heterocycles. The summed E-state index contributed by atoms with van der Waals surface area (Å²) in [6, 6.07) is 0. The molecule has 9 nitrogen and oxygen atoms in total. The lowest BCUT2D eigenvalue weighted by Crippen LogP contribution is -2.24. The molecular formula is C28H69N3O6S2. The van der Waals surface area contributed by atoms with Crippen LogP contribution in [0.15, 0.2) is 0 Å². The lowest BCUT2D eigenvalue weighted by Gasteiger charge is -2.11. The summed E-state index contributed by atoms with van der Waals surface area (Å²) in [5.74, 6) is 0.761. The standard InChI is InChI=1S/C6H13NO.2C5H13NO2S.C5H12.C4H10O.C3H8/c1-4-6(8)7(3)5-2;1-4-6(3)8-9(7)5-2;1-4-6(3)9(7)8-5-2;2*1-3-5-4-2;1-3-2/h4-5H2,1-3H3;2*4-5H2,1-3H3;3-5H2,1-2H3;3-4H2,1-2H3;3H2,1-2H3. The van der Waals surface area contributed by atoms with E-state index in [9.17, 15) is 13.2 Å². The van der Waals surface area contributed by atoms with Crippen LogP contribution in [0.3, 0.4) is 0 Å². The molecule has 0 fully saturated rings. The first kappa shape index (κ1) is 51.3. The normalized spacial score (nSPS) is 11.0. The third kappa shape index (κ3) is 58.2. The number of unbranched alkanes of at least 4 members (excludes halogenated alkanes) is 2. The van der Waals surface area contributed by atoms with Crippen LogP contribution in [0, 0.1) is 0 Å². The van der Waals surface area contributed by atoms with Crippen LogP contribution in [0.2, 0.25) is 0 Å². The van der Waals surface area contributed by atoms with E-state index in [2.05, 4.69) is 27.7 Å². The topological polar surface area (TPSA) is 88.6 Å². The maximum atomic E-state index is 10.8. The number of nitrogens with zero attached hydrogens (tertiary/aromatic N) is 3. The van der Waals surface area contributed by atoms with Crippen molar-refractivity contribution in [1.29, 1.82) is 0 Å². The van der Waals surface area contributed by atoms with Crippen LogP contribution in [-0.2, 0) is 40.3 Å². The van der Waals surface area contributed by atoms with Crippen LogP contribution in [0.1, 0.15) is 115 Å². The second kappa shape index (κ2) is 47.4. The largest absolute Gasteiger partial charge is 0.382 e. The molecule has 244 valence electrons. The fraction of sp³-hybridized carbons (Fsp3) is 0.964. The van der Waals surface area contributed by atoms with E-state index in [-0.39, 0.29) is 5.91 Å². The highest BCUT2D eigenvalue weighted by atomic mass is 32.2. The maximum Gasteiger partial charge on any atom is 0.236 e. The van der Waals surface area contributed by atoms with Gasteiger partial charge in [0.2, 0.25) is 17.2 Å². The van der Waals surface area contributed by atoms with Gasteiger partial charge in [-0.2, -0.15) is 9.35 Å². The average molecular weight is 608 g/mol. The van der Waals surface area contributed by atoms with Crippen molar-refractivity contribution in [2.24, 2.45) is 0 Å². The minimum atomic E-state index is -1.23. The molecule has 0 radical (unpaired) electrons. The first-order valence-corrected chi connectivity index (χ1v) is 17.0. The van der Waals surface area contributed by atoms with E-state index in [1.165, 1.54) is 25.7 Å². The fourth-order valence-electron chi connectivity index (χ4n) is 1.55. The van der Waals surface area contributed by atoms with Gasteiger partial charge in [-0.05, 0) is 27.7 Å². The van der Waals surface area contributed by atoms with Gasteiger partial charge >= 0.3 is 0 Å². The number of ether oxygens (including phenoxy) is 1. The molecule has 0 saturated carbocycles. The number of carbonyl (C=O) groups is 1. The zero-order chi connectivity index (χ0) is 32.1. The summed E-state index contributed by atoms with van der Waals surface area (Å²) in [6.45, 7) is 28.5. The van der Waals surface area contributed by atoms with Crippen LogP contribution >= 0.6 is 0 Å². The summed E-state index contributed by atoms with van der Waals surface area (Å²) in [4.78, 5) is 12.4. The van der Waals surface area contributed by atoms with Crippen LogP contribution in [0.4, 0.5) is 0 Å². The van der Waals surface area contributed by atoms with Crippen molar-refractivity contribution in [1.82, 2.24) is 14.3 Å². The monoisotopic (exact) mass is 607 g/mol. The van der Waals surface area contributed by atoms with E-state index in [0.29, 0.717) is 18.8 Å². The van der Waals surface area contributed by atoms with Gasteiger partial charge in [-0.25, -0.2) is 12.7 Å². The molecule has 0 saturated heterocycles. The predicted molar refractivity (Wildman–Crippen MR) is 173 cm³/mol. The Morgan fingerprint density at radius 2 is 1.15 bits per heavy atom. The lowest BCUT2D eigenvalue weighted by molar-refractivity contribution is -0.129. The molecule has 2 unspecified atom stereocenters. The van der Waals surface area contributed by atoms with Crippen molar-refractivity contribution in [2.45, 2.75) is 115 Å². The molecule has 0 aliphatic carbocycles. The highest BCUT2D eigenvalue weighted by Crippen LogP contribution is 1.91. The number of carbonyl (C=O) groups excluding carboxylic acids is 1. The summed E-state index contributed by atoms with van der Waals surface area (Å²) in [6.07, 6.45) is 5.94. The predicted octanol–water partition coefficient (Wildman–Crippen LogP) is 6.64. The minimum absolute atomic E-state index is 0.215. The van der Waals surface area contributed by atoms with Gasteiger partial charge in [0, 0.05) is 66.2 Å². The Hall–Kier alpha value is -0.430. The Morgan fingerprint density at radius 3 is 1.33 bits per heavy atom. The number of hydroxylamine groups is 2. The van der Waals surface area contributed by atoms with Crippen molar-refractivity contribution >= 4 is 28.3 Å². The van der Waals surface area contributed by atoms with Crippen molar-refractivity contribution < 1.29 is 26.4 Å².